The molecule has 0 aliphatic heterocycles. The highest BCUT2D eigenvalue weighted by atomic mass is 31.2. The fraction of sp³-hybridized carbons (Fsp3) is 0.167. The fourth-order valence-corrected chi connectivity index (χ4v) is 4.17. The summed E-state index contributed by atoms with van der Waals surface area (Å²) in [4.78, 5) is 25.9. The van der Waals surface area contributed by atoms with E-state index in [2.05, 4.69) is 29.0 Å². The number of nitrogen functional groups attached to an aromatic ring is 1. The largest absolute Gasteiger partial charge is 0.497 e. The number of hydrogen-bond acceptors (Lipinski definition) is 4. The van der Waals surface area contributed by atoms with Crippen molar-refractivity contribution in [3.63, 3.8) is 0 Å². The van der Waals surface area contributed by atoms with Crippen LogP contribution in [-0.4, -0.2) is 21.9 Å². The molecule has 0 amide bonds. The fourth-order valence-electron chi connectivity index (χ4n) is 3.81. The van der Waals surface area contributed by atoms with Crippen LogP contribution in [0.1, 0.15) is 22.3 Å². The molecule has 0 fully saturated rings. The van der Waals surface area contributed by atoms with Crippen LogP contribution in [0.3, 0.4) is 0 Å². The van der Waals surface area contributed by atoms with Crippen LogP contribution in [0.4, 0.5) is 5.82 Å². The molecule has 0 saturated heterocycles. The van der Waals surface area contributed by atoms with Crippen molar-refractivity contribution in [1.29, 1.82) is 0 Å². The van der Waals surface area contributed by atoms with Crippen molar-refractivity contribution in [2.24, 2.45) is 0 Å². The number of aryl methyl sites for hydroxylation is 3. The normalized spacial score (nSPS) is 12.1. The molecule has 0 spiro atoms. The van der Waals surface area contributed by atoms with E-state index >= 15 is 0 Å². The molecule has 2 aromatic heterocycles. The average molecular weight is 450 g/mol. The number of nitrogens with zero attached hydrogens (tertiary/aromatic N) is 1. The number of benzene rings is 2. The van der Waals surface area contributed by atoms with E-state index < -0.39 is 7.60 Å². The second-order valence-electron chi connectivity index (χ2n) is 7.77. The first-order valence-corrected chi connectivity index (χ1v) is 11.8. The van der Waals surface area contributed by atoms with Gasteiger partial charge in [0, 0.05) is 16.8 Å². The lowest BCUT2D eigenvalue weighted by Gasteiger charge is -2.08. The summed E-state index contributed by atoms with van der Waals surface area (Å²) in [5.41, 5.74) is 11.9. The molecule has 0 atom stereocenters. The molecule has 2 heterocycles. The van der Waals surface area contributed by atoms with Crippen molar-refractivity contribution in [1.82, 2.24) is 4.98 Å². The molecular weight excluding hydrogens is 425 g/mol. The van der Waals surface area contributed by atoms with Crippen molar-refractivity contribution in [3.8, 4) is 5.75 Å². The Morgan fingerprint density at radius 3 is 2.66 bits per heavy atom. The van der Waals surface area contributed by atoms with Crippen molar-refractivity contribution in [2.45, 2.75) is 19.8 Å². The van der Waals surface area contributed by atoms with E-state index in [1.54, 1.807) is 19.2 Å². The summed E-state index contributed by atoms with van der Waals surface area (Å²) in [5.74, 6) is 2.11. The third kappa shape index (κ3) is 4.81. The number of nitrogens with one attached hydrogen (secondary N) is 1. The lowest BCUT2D eigenvalue weighted by atomic mass is 9.99. The highest BCUT2D eigenvalue weighted by molar-refractivity contribution is 7.55. The molecule has 8 heteroatoms. The zero-order valence-corrected chi connectivity index (χ0v) is 18.8. The van der Waals surface area contributed by atoms with E-state index in [9.17, 15) is 4.57 Å². The molecule has 0 bridgehead atoms. The van der Waals surface area contributed by atoms with Crippen molar-refractivity contribution in [3.05, 3.63) is 76.7 Å². The molecule has 0 unspecified atom stereocenters. The predicted molar refractivity (Wildman–Crippen MR) is 126 cm³/mol. The Morgan fingerprint density at radius 2 is 1.94 bits per heavy atom. The Hall–Kier alpha value is -3.25. The number of ether oxygens (including phenoxy) is 1. The number of aromatic nitrogens is 2. The summed E-state index contributed by atoms with van der Waals surface area (Å²) < 4.78 is 16.4. The molecule has 0 aliphatic rings. The van der Waals surface area contributed by atoms with Gasteiger partial charge in [-0.2, -0.15) is 0 Å². The quantitative estimate of drug-likeness (QED) is 0.301. The first kappa shape index (κ1) is 22.0. The Kier molecular flexibility index (Phi) is 5.98. The number of pyridine rings is 2. The third-order valence-electron chi connectivity index (χ3n) is 5.50. The Balaban J connectivity index is 1.68. The predicted octanol–water partition coefficient (Wildman–Crippen LogP) is 4.03. The maximum absolute atomic E-state index is 11.1. The van der Waals surface area contributed by atoms with Gasteiger partial charge < -0.3 is 20.3 Å². The number of fused-ring (bicyclic) bond motifs is 3. The van der Waals surface area contributed by atoms with Gasteiger partial charge >= 0.3 is 7.60 Å². The van der Waals surface area contributed by atoms with Crippen LogP contribution < -0.4 is 15.5 Å². The van der Waals surface area contributed by atoms with Crippen molar-refractivity contribution in [2.75, 3.05) is 12.8 Å². The van der Waals surface area contributed by atoms with Crippen LogP contribution >= 0.6 is 7.60 Å². The standard InChI is InChI=1S/C24H24N3O4P/c1-15-11-19(31-2)7-6-18(15)5-3-17-12-21-20-8-4-16(9-10-32(28,29)30)13-22(20)27-24(25)23(21)26-14-17/h4,6-14H,3,5H2,1-2H3,(H2,25,27)(H2,28,29,30)/p+1. The number of hydrogen-bond donors (Lipinski definition) is 3. The van der Waals surface area contributed by atoms with Gasteiger partial charge in [-0.1, -0.05) is 18.2 Å². The van der Waals surface area contributed by atoms with E-state index in [4.69, 9.17) is 20.3 Å². The highest BCUT2D eigenvalue weighted by Crippen LogP contribution is 2.37. The van der Waals surface area contributed by atoms with Crippen LogP contribution in [0.5, 0.6) is 5.75 Å². The molecule has 4 rings (SSSR count). The lowest BCUT2D eigenvalue weighted by Crippen LogP contribution is -2.10. The molecule has 0 saturated carbocycles. The maximum Gasteiger partial charge on any atom is 0.349 e. The monoisotopic (exact) mass is 450 g/mol. The Morgan fingerprint density at radius 1 is 1.12 bits per heavy atom. The number of anilines is 1. The van der Waals surface area contributed by atoms with E-state index in [0.29, 0.717) is 16.9 Å². The summed E-state index contributed by atoms with van der Waals surface area (Å²) in [6.07, 6.45) is 5.10. The molecular formula is C24H25N3O4P+. The number of methoxy groups -OCH3 is 1. The molecule has 2 aromatic carbocycles. The van der Waals surface area contributed by atoms with E-state index in [0.717, 1.165) is 46.3 Å². The van der Waals surface area contributed by atoms with Gasteiger partial charge in [-0.05, 0) is 66.8 Å². The smallest absolute Gasteiger partial charge is 0.349 e. The lowest BCUT2D eigenvalue weighted by molar-refractivity contribution is -0.344. The second kappa shape index (κ2) is 8.71. The van der Waals surface area contributed by atoms with Gasteiger partial charge in [-0.15, -0.1) is 0 Å². The zero-order valence-electron chi connectivity index (χ0n) is 17.9. The summed E-state index contributed by atoms with van der Waals surface area (Å²) in [6, 6.07) is 13.7. The van der Waals surface area contributed by atoms with Crippen LogP contribution in [0.15, 0.2) is 54.5 Å². The summed E-state index contributed by atoms with van der Waals surface area (Å²) >= 11 is 0. The van der Waals surface area contributed by atoms with Gasteiger partial charge in [0.05, 0.1) is 18.0 Å². The molecule has 7 nitrogen and oxygen atoms in total. The molecule has 0 radical (unpaired) electrons. The van der Waals surface area contributed by atoms with Crippen molar-refractivity contribution >= 4 is 41.3 Å². The minimum atomic E-state index is -4.23. The molecule has 4 aromatic rings. The van der Waals surface area contributed by atoms with Crippen LogP contribution in [0, 0.1) is 6.92 Å². The van der Waals surface area contributed by atoms with Gasteiger partial charge in [0.25, 0.3) is 5.52 Å². The van der Waals surface area contributed by atoms with Gasteiger partial charge in [0.2, 0.25) is 0 Å². The maximum atomic E-state index is 11.1. The first-order chi connectivity index (χ1) is 15.2. The average Bonchev–Trinajstić information content (AvgIpc) is 2.76. The molecule has 164 valence electrons. The van der Waals surface area contributed by atoms with E-state index in [1.807, 2.05) is 24.4 Å². The Bertz CT molecular complexity index is 1400. The van der Waals surface area contributed by atoms with Gasteiger partial charge in [0.1, 0.15) is 5.75 Å². The third-order valence-corrected chi connectivity index (χ3v) is 6.04. The van der Waals surface area contributed by atoms with Gasteiger partial charge in [-0.3, -0.25) is 4.57 Å². The minimum Gasteiger partial charge on any atom is -0.497 e. The van der Waals surface area contributed by atoms with Gasteiger partial charge in [0.15, 0.2) is 12.0 Å². The number of rotatable bonds is 6. The van der Waals surface area contributed by atoms with Crippen LogP contribution in [0.2, 0.25) is 0 Å². The first-order valence-electron chi connectivity index (χ1n) is 10.1. The molecule has 5 N–H and O–H groups in total. The molecule has 32 heavy (non-hydrogen) atoms. The zero-order chi connectivity index (χ0) is 22.9. The Labute approximate surface area is 185 Å². The summed E-state index contributed by atoms with van der Waals surface area (Å²) in [5, 5.41) is 1.88. The minimum absolute atomic E-state index is 0.376. The van der Waals surface area contributed by atoms with Crippen molar-refractivity contribution < 1.29 is 24.1 Å². The number of H-pyrrole nitrogens is 1. The SMILES string of the molecule is COc1ccc(CCc2c[nH+]c3c(N)nc4cc(C=CP(=O)(O)O)ccc4c3c2)c(C)c1. The number of aromatic amines is 1. The highest BCUT2D eigenvalue weighted by Gasteiger charge is 2.14. The van der Waals surface area contributed by atoms with E-state index in [-0.39, 0.29) is 0 Å². The summed E-state index contributed by atoms with van der Waals surface area (Å²) in [7, 11) is -2.56. The molecule has 0 aliphatic carbocycles. The van der Waals surface area contributed by atoms with Crippen LogP contribution in [-0.2, 0) is 17.4 Å². The van der Waals surface area contributed by atoms with Crippen LogP contribution in [0.25, 0.3) is 27.9 Å². The van der Waals surface area contributed by atoms with Gasteiger partial charge in [-0.25, -0.2) is 9.97 Å². The summed E-state index contributed by atoms with van der Waals surface area (Å²) in [6.45, 7) is 2.09. The number of nitrogens with two attached hydrogens (primary N) is 1. The van der Waals surface area contributed by atoms with E-state index in [1.165, 1.54) is 17.2 Å². The topological polar surface area (TPSA) is 120 Å². The second-order valence-corrected chi connectivity index (χ2v) is 9.24.